The average molecular weight is 263 g/mol. The molecule has 2 rings (SSSR count). The minimum Gasteiger partial charge on any atom is -0.489 e. The van der Waals surface area contributed by atoms with Crippen LogP contribution in [0.2, 0.25) is 0 Å². The zero-order chi connectivity index (χ0) is 13.7. The number of hydrogen-bond acceptors (Lipinski definition) is 4. The Hall–Kier alpha value is -1.55. The number of ether oxygens (including phenoxy) is 1. The molecule has 104 valence electrons. The summed E-state index contributed by atoms with van der Waals surface area (Å²) in [5, 5.41) is 8.71. The summed E-state index contributed by atoms with van der Waals surface area (Å²) < 4.78 is 5.28. The standard InChI is InChI=1S/C15H21NO3/c16-13-10-12(6-7-14(13)19-9-8-17)15(18)11-4-2-1-3-5-11/h6-7,10-11,17H,1-5,8-9,16H2. The minimum absolute atomic E-state index is 0.0534. The maximum absolute atomic E-state index is 12.3. The summed E-state index contributed by atoms with van der Waals surface area (Å²) in [6.45, 7) is 0.155. The van der Waals surface area contributed by atoms with Crippen molar-refractivity contribution in [2.45, 2.75) is 32.1 Å². The van der Waals surface area contributed by atoms with E-state index in [1.165, 1.54) is 6.42 Å². The molecule has 0 aromatic heterocycles. The lowest BCUT2D eigenvalue weighted by molar-refractivity contribution is 0.0889. The second-order valence-electron chi connectivity index (χ2n) is 5.02. The summed E-state index contributed by atoms with van der Waals surface area (Å²) >= 11 is 0. The summed E-state index contributed by atoms with van der Waals surface area (Å²) in [7, 11) is 0. The van der Waals surface area contributed by atoms with Gasteiger partial charge in [-0.2, -0.15) is 0 Å². The Morgan fingerprint density at radius 1 is 1.32 bits per heavy atom. The molecule has 3 N–H and O–H groups in total. The first-order chi connectivity index (χ1) is 9.22. The molecule has 4 heteroatoms. The third kappa shape index (κ3) is 3.47. The molecule has 0 bridgehead atoms. The number of nitrogen functional groups attached to an aromatic ring is 1. The third-order valence-electron chi connectivity index (χ3n) is 3.62. The van der Waals surface area contributed by atoms with Crippen LogP contribution in [0.15, 0.2) is 18.2 Å². The van der Waals surface area contributed by atoms with Gasteiger partial charge in [0.25, 0.3) is 0 Å². The number of benzene rings is 1. The molecule has 0 saturated heterocycles. The highest BCUT2D eigenvalue weighted by molar-refractivity contribution is 5.98. The van der Waals surface area contributed by atoms with Gasteiger partial charge in [-0.15, -0.1) is 0 Å². The number of aliphatic hydroxyl groups is 1. The van der Waals surface area contributed by atoms with Gasteiger partial charge >= 0.3 is 0 Å². The fraction of sp³-hybridized carbons (Fsp3) is 0.533. The lowest BCUT2D eigenvalue weighted by Gasteiger charge is -2.20. The van der Waals surface area contributed by atoms with Crippen molar-refractivity contribution < 1.29 is 14.6 Å². The Bertz CT molecular complexity index is 439. The van der Waals surface area contributed by atoms with Crippen molar-refractivity contribution in [3.05, 3.63) is 23.8 Å². The zero-order valence-electron chi connectivity index (χ0n) is 11.1. The Morgan fingerprint density at radius 3 is 2.68 bits per heavy atom. The van der Waals surface area contributed by atoms with E-state index in [0.29, 0.717) is 17.0 Å². The van der Waals surface area contributed by atoms with Crippen LogP contribution in [0.25, 0.3) is 0 Å². The smallest absolute Gasteiger partial charge is 0.166 e. The number of carbonyl (C=O) groups is 1. The Labute approximate surface area is 113 Å². The van der Waals surface area contributed by atoms with Crippen molar-refractivity contribution in [3.63, 3.8) is 0 Å². The van der Waals surface area contributed by atoms with Crippen LogP contribution in [0, 0.1) is 5.92 Å². The Morgan fingerprint density at radius 2 is 2.05 bits per heavy atom. The van der Waals surface area contributed by atoms with Crippen molar-refractivity contribution >= 4 is 11.5 Å². The van der Waals surface area contributed by atoms with Gasteiger partial charge in [0.1, 0.15) is 12.4 Å². The van der Waals surface area contributed by atoms with Crippen LogP contribution in [0.3, 0.4) is 0 Å². The predicted octanol–water partition coefficient (Wildman–Crippen LogP) is 2.40. The molecule has 0 amide bonds. The molecular formula is C15H21NO3. The minimum atomic E-state index is -0.0534. The first-order valence-corrected chi connectivity index (χ1v) is 6.90. The molecular weight excluding hydrogens is 242 g/mol. The highest BCUT2D eigenvalue weighted by Gasteiger charge is 2.22. The maximum atomic E-state index is 12.3. The second-order valence-corrected chi connectivity index (χ2v) is 5.02. The molecule has 1 aromatic carbocycles. The second kappa shape index (κ2) is 6.57. The molecule has 1 aliphatic rings. The predicted molar refractivity (Wildman–Crippen MR) is 74.3 cm³/mol. The van der Waals surface area contributed by atoms with Crippen molar-refractivity contribution in [1.29, 1.82) is 0 Å². The van der Waals surface area contributed by atoms with Gasteiger partial charge in [0, 0.05) is 11.5 Å². The van der Waals surface area contributed by atoms with E-state index >= 15 is 0 Å². The lowest BCUT2D eigenvalue weighted by atomic mass is 9.84. The zero-order valence-corrected chi connectivity index (χ0v) is 11.1. The van der Waals surface area contributed by atoms with Gasteiger partial charge in [0.2, 0.25) is 0 Å². The molecule has 0 unspecified atom stereocenters. The van der Waals surface area contributed by atoms with Crippen LogP contribution in [-0.2, 0) is 0 Å². The van der Waals surface area contributed by atoms with Crippen molar-refractivity contribution in [2.24, 2.45) is 5.92 Å². The summed E-state index contributed by atoms with van der Waals surface area (Å²) in [5.41, 5.74) is 6.99. The summed E-state index contributed by atoms with van der Waals surface area (Å²) in [4.78, 5) is 12.3. The molecule has 1 aliphatic carbocycles. The summed E-state index contributed by atoms with van der Waals surface area (Å²) in [6.07, 6.45) is 5.50. The normalized spacial score (nSPS) is 16.3. The van der Waals surface area contributed by atoms with Gasteiger partial charge < -0.3 is 15.6 Å². The molecule has 0 atom stereocenters. The van der Waals surface area contributed by atoms with Gasteiger partial charge in [0.05, 0.1) is 12.3 Å². The number of carbonyl (C=O) groups excluding carboxylic acids is 1. The van der Waals surface area contributed by atoms with E-state index < -0.39 is 0 Å². The molecule has 0 heterocycles. The van der Waals surface area contributed by atoms with Gasteiger partial charge in [-0.3, -0.25) is 4.79 Å². The number of hydrogen-bond donors (Lipinski definition) is 2. The quantitative estimate of drug-likeness (QED) is 0.632. The molecule has 19 heavy (non-hydrogen) atoms. The Balaban J connectivity index is 2.07. The van der Waals surface area contributed by atoms with Crippen molar-refractivity contribution in [2.75, 3.05) is 18.9 Å². The van der Waals surface area contributed by atoms with Crippen molar-refractivity contribution in [3.8, 4) is 5.75 Å². The monoisotopic (exact) mass is 263 g/mol. The highest BCUT2D eigenvalue weighted by atomic mass is 16.5. The first kappa shape index (κ1) is 13.9. The lowest BCUT2D eigenvalue weighted by Crippen LogP contribution is -2.18. The molecule has 1 aromatic rings. The van der Waals surface area contributed by atoms with Crippen molar-refractivity contribution in [1.82, 2.24) is 0 Å². The van der Waals surface area contributed by atoms with E-state index in [4.69, 9.17) is 15.6 Å². The number of Topliss-reactive ketones (excluding diaryl/α,β-unsaturated/α-hetero) is 1. The van der Waals surface area contributed by atoms with E-state index in [0.717, 1.165) is 25.7 Å². The molecule has 0 radical (unpaired) electrons. The van der Waals surface area contributed by atoms with Gasteiger partial charge in [0.15, 0.2) is 5.78 Å². The average Bonchev–Trinajstić information content (AvgIpc) is 2.46. The van der Waals surface area contributed by atoms with E-state index in [2.05, 4.69) is 0 Å². The highest BCUT2D eigenvalue weighted by Crippen LogP contribution is 2.29. The van der Waals surface area contributed by atoms with Gasteiger partial charge in [-0.25, -0.2) is 0 Å². The van der Waals surface area contributed by atoms with E-state index in [1.807, 2.05) is 0 Å². The van der Waals surface area contributed by atoms with Gasteiger partial charge in [-0.05, 0) is 31.0 Å². The number of ketones is 1. The van der Waals surface area contributed by atoms with E-state index in [-0.39, 0.29) is 24.9 Å². The van der Waals surface area contributed by atoms with Crippen LogP contribution in [-0.4, -0.2) is 24.1 Å². The molecule has 0 aliphatic heterocycles. The fourth-order valence-electron chi connectivity index (χ4n) is 2.59. The molecule has 1 fully saturated rings. The molecule has 1 saturated carbocycles. The number of aliphatic hydroxyl groups excluding tert-OH is 1. The number of rotatable bonds is 5. The third-order valence-corrected chi connectivity index (χ3v) is 3.62. The first-order valence-electron chi connectivity index (χ1n) is 6.90. The largest absolute Gasteiger partial charge is 0.489 e. The number of anilines is 1. The maximum Gasteiger partial charge on any atom is 0.166 e. The van der Waals surface area contributed by atoms with Crippen LogP contribution in [0.1, 0.15) is 42.5 Å². The summed E-state index contributed by atoms with van der Waals surface area (Å²) in [6, 6.07) is 5.16. The fourth-order valence-corrected chi connectivity index (χ4v) is 2.59. The number of nitrogens with two attached hydrogens (primary N) is 1. The van der Waals surface area contributed by atoms with Crippen LogP contribution < -0.4 is 10.5 Å². The van der Waals surface area contributed by atoms with Crippen LogP contribution >= 0.6 is 0 Å². The van der Waals surface area contributed by atoms with Gasteiger partial charge in [-0.1, -0.05) is 19.3 Å². The van der Waals surface area contributed by atoms with E-state index in [1.54, 1.807) is 18.2 Å². The molecule has 0 spiro atoms. The summed E-state index contributed by atoms with van der Waals surface area (Å²) in [5.74, 6) is 0.867. The van der Waals surface area contributed by atoms with Crippen LogP contribution in [0.5, 0.6) is 5.75 Å². The Kier molecular flexibility index (Phi) is 4.80. The van der Waals surface area contributed by atoms with E-state index in [9.17, 15) is 4.79 Å². The van der Waals surface area contributed by atoms with Crippen LogP contribution in [0.4, 0.5) is 5.69 Å². The topological polar surface area (TPSA) is 72.6 Å². The molecule has 4 nitrogen and oxygen atoms in total. The SMILES string of the molecule is Nc1cc(C(=O)C2CCCCC2)ccc1OCCO.